The normalized spacial score (nSPS) is 15.8. The number of non-ortho nitro benzene ring substituents is 1. The Morgan fingerprint density at radius 1 is 1.30 bits per heavy atom. The number of carbonyl (C=O) groups excluding carboxylic acids is 1. The molecule has 6 nitrogen and oxygen atoms in total. The number of H-pyrrole nitrogens is 1. The maximum atomic E-state index is 12.0. The van der Waals surface area contributed by atoms with Crippen molar-refractivity contribution in [2.24, 2.45) is 0 Å². The first-order valence-corrected chi connectivity index (χ1v) is 6.58. The number of aromatic nitrogens is 1. The highest BCUT2D eigenvalue weighted by Crippen LogP contribution is 2.40. The van der Waals surface area contributed by atoms with Gasteiger partial charge >= 0.3 is 0 Å². The molecule has 20 heavy (non-hydrogen) atoms. The van der Waals surface area contributed by atoms with Gasteiger partial charge in [-0.15, -0.1) is 0 Å². The molecule has 2 N–H and O–H groups in total. The van der Waals surface area contributed by atoms with Crippen LogP contribution in [-0.2, 0) is 4.79 Å². The summed E-state index contributed by atoms with van der Waals surface area (Å²) in [5.74, 6) is -0.217. The second-order valence-electron chi connectivity index (χ2n) is 4.13. The predicted octanol–water partition coefficient (Wildman–Crippen LogP) is 3.01. The van der Waals surface area contributed by atoms with Gasteiger partial charge in [0.2, 0.25) is 0 Å². The molecule has 0 saturated heterocycles. The summed E-state index contributed by atoms with van der Waals surface area (Å²) in [5.41, 5.74) is 1.40. The second kappa shape index (κ2) is 4.86. The van der Waals surface area contributed by atoms with E-state index in [9.17, 15) is 14.9 Å². The Kier molecular flexibility index (Phi) is 3.03. The minimum absolute atomic E-state index is 0.00613. The van der Waals surface area contributed by atoms with Crippen LogP contribution in [0.5, 0.6) is 0 Å². The van der Waals surface area contributed by atoms with Gasteiger partial charge in [-0.25, -0.2) is 0 Å². The number of amides is 1. The number of nitro benzene ring substituents is 1. The Balaban J connectivity index is 1.98. The average Bonchev–Trinajstić information content (AvgIpc) is 2.92. The lowest BCUT2D eigenvalue weighted by Crippen LogP contribution is -2.17. The van der Waals surface area contributed by atoms with Crippen LogP contribution in [0.1, 0.15) is 5.69 Å². The van der Waals surface area contributed by atoms with E-state index in [-0.39, 0.29) is 11.6 Å². The number of nitrogens with zero attached hydrogens (tertiary/aromatic N) is 1. The maximum Gasteiger partial charge on any atom is 0.270 e. The number of thioether (sulfide) groups is 1. The van der Waals surface area contributed by atoms with Gasteiger partial charge in [0.15, 0.2) is 0 Å². The Hall–Kier alpha value is -2.54. The SMILES string of the molecule is O=C1Nc2ccc([N+](=O)[O-])cc2SC1=Cc1ccc[nH]1. The number of anilines is 1. The van der Waals surface area contributed by atoms with Crippen LogP contribution in [0.15, 0.2) is 46.3 Å². The predicted molar refractivity (Wildman–Crippen MR) is 76.4 cm³/mol. The lowest BCUT2D eigenvalue weighted by Gasteiger charge is -2.17. The fraction of sp³-hybridized carbons (Fsp3) is 0. The minimum atomic E-state index is -0.453. The summed E-state index contributed by atoms with van der Waals surface area (Å²) >= 11 is 1.22. The van der Waals surface area contributed by atoms with E-state index in [1.54, 1.807) is 18.3 Å². The van der Waals surface area contributed by atoms with Crippen LogP contribution in [0.25, 0.3) is 6.08 Å². The third-order valence-corrected chi connectivity index (χ3v) is 3.86. The molecule has 2 heterocycles. The highest BCUT2D eigenvalue weighted by Gasteiger charge is 2.23. The van der Waals surface area contributed by atoms with Crippen molar-refractivity contribution in [3.05, 3.63) is 57.2 Å². The monoisotopic (exact) mass is 287 g/mol. The number of carbonyl (C=O) groups is 1. The van der Waals surface area contributed by atoms with Gasteiger partial charge in [-0.05, 0) is 24.3 Å². The summed E-state index contributed by atoms with van der Waals surface area (Å²) in [6.07, 6.45) is 3.47. The number of hydrogen-bond acceptors (Lipinski definition) is 4. The van der Waals surface area contributed by atoms with Crippen molar-refractivity contribution < 1.29 is 9.72 Å². The van der Waals surface area contributed by atoms with Gasteiger partial charge in [0.1, 0.15) is 0 Å². The Morgan fingerprint density at radius 2 is 2.15 bits per heavy atom. The molecule has 1 amide bonds. The van der Waals surface area contributed by atoms with Crippen LogP contribution in [0.2, 0.25) is 0 Å². The lowest BCUT2D eigenvalue weighted by atomic mass is 10.2. The molecule has 0 unspecified atom stereocenters. The molecule has 100 valence electrons. The van der Waals surface area contributed by atoms with Gasteiger partial charge in [0.05, 0.1) is 15.5 Å². The maximum absolute atomic E-state index is 12.0. The molecule has 0 aliphatic carbocycles. The number of nitro groups is 1. The summed E-state index contributed by atoms with van der Waals surface area (Å²) in [4.78, 5) is 26.4. The fourth-order valence-electron chi connectivity index (χ4n) is 1.83. The van der Waals surface area contributed by atoms with E-state index in [4.69, 9.17) is 0 Å². The molecule has 0 atom stereocenters. The van der Waals surface area contributed by atoms with E-state index in [1.165, 1.54) is 23.9 Å². The summed E-state index contributed by atoms with van der Waals surface area (Å²) in [7, 11) is 0. The molecule has 2 aromatic rings. The zero-order valence-corrected chi connectivity index (χ0v) is 10.9. The average molecular weight is 287 g/mol. The summed E-state index contributed by atoms with van der Waals surface area (Å²) in [6.45, 7) is 0. The largest absolute Gasteiger partial charge is 0.362 e. The number of aromatic amines is 1. The second-order valence-corrected chi connectivity index (χ2v) is 5.21. The van der Waals surface area contributed by atoms with Crippen LogP contribution >= 0.6 is 11.8 Å². The highest BCUT2D eigenvalue weighted by molar-refractivity contribution is 8.04. The molecule has 7 heteroatoms. The third-order valence-electron chi connectivity index (χ3n) is 2.78. The number of benzene rings is 1. The molecule has 0 radical (unpaired) electrons. The van der Waals surface area contributed by atoms with Crippen LogP contribution in [0.4, 0.5) is 11.4 Å². The van der Waals surface area contributed by atoms with E-state index in [2.05, 4.69) is 10.3 Å². The van der Waals surface area contributed by atoms with Crippen LogP contribution in [0.3, 0.4) is 0 Å². The van der Waals surface area contributed by atoms with Gasteiger partial charge in [-0.3, -0.25) is 14.9 Å². The van der Waals surface area contributed by atoms with Crippen molar-refractivity contribution >= 4 is 35.1 Å². The van der Waals surface area contributed by atoms with Crippen molar-refractivity contribution in [2.75, 3.05) is 5.32 Å². The molecular weight excluding hydrogens is 278 g/mol. The quantitative estimate of drug-likeness (QED) is 0.505. The van der Waals surface area contributed by atoms with Gasteiger partial charge in [-0.2, -0.15) is 0 Å². The molecular formula is C13H9N3O3S. The number of hydrogen-bond donors (Lipinski definition) is 2. The van der Waals surface area contributed by atoms with E-state index >= 15 is 0 Å². The van der Waals surface area contributed by atoms with E-state index < -0.39 is 4.92 Å². The van der Waals surface area contributed by atoms with Gasteiger partial charge < -0.3 is 10.3 Å². The molecule has 0 spiro atoms. The smallest absolute Gasteiger partial charge is 0.270 e. The molecule has 1 aliphatic rings. The van der Waals surface area contributed by atoms with Crippen molar-refractivity contribution in [3.8, 4) is 0 Å². The topological polar surface area (TPSA) is 88.0 Å². The molecule has 1 aromatic carbocycles. The van der Waals surface area contributed by atoms with Crippen molar-refractivity contribution in [1.29, 1.82) is 0 Å². The van der Waals surface area contributed by atoms with Crippen LogP contribution in [-0.4, -0.2) is 15.8 Å². The Labute approximate surface area is 118 Å². The molecule has 0 fully saturated rings. The summed E-state index contributed by atoms with van der Waals surface area (Å²) in [6, 6.07) is 8.05. The molecule has 3 rings (SSSR count). The van der Waals surface area contributed by atoms with E-state index in [0.29, 0.717) is 15.5 Å². The minimum Gasteiger partial charge on any atom is -0.362 e. The summed E-state index contributed by atoms with van der Waals surface area (Å²) < 4.78 is 0. The molecule has 1 aliphatic heterocycles. The first-order chi connectivity index (χ1) is 9.63. The lowest BCUT2D eigenvalue weighted by molar-refractivity contribution is -0.385. The first-order valence-electron chi connectivity index (χ1n) is 5.76. The third kappa shape index (κ3) is 2.30. The zero-order chi connectivity index (χ0) is 14.1. The van der Waals surface area contributed by atoms with Crippen molar-refractivity contribution in [1.82, 2.24) is 4.98 Å². The van der Waals surface area contributed by atoms with Gasteiger partial charge in [0.25, 0.3) is 11.6 Å². The van der Waals surface area contributed by atoms with E-state index in [1.807, 2.05) is 12.1 Å². The van der Waals surface area contributed by atoms with Crippen molar-refractivity contribution in [2.45, 2.75) is 4.90 Å². The fourth-order valence-corrected chi connectivity index (χ4v) is 2.81. The number of fused-ring (bicyclic) bond motifs is 1. The molecule has 1 aromatic heterocycles. The van der Waals surface area contributed by atoms with Crippen LogP contribution in [0, 0.1) is 10.1 Å². The number of nitrogens with one attached hydrogen (secondary N) is 2. The van der Waals surface area contributed by atoms with Crippen LogP contribution < -0.4 is 5.32 Å². The first kappa shape index (κ1) is 12.5. The highest BCUT2D eigenvalue weighted by atomic mass is 32.2. The standard InChI is InChI=1S/C13H9N3O3S/c17-13-12(6-8-2-1-5-14-8)20-11-7-9(16(18)19)3-4-10(11)15-13/h1-7,14H,(H,15,17). The number of rotatable bonds is 2. The molecule has 0 saturated carbocycles. The zero-order valence-electron chi connectivity index (χ0n) is 10.1. The van der Waals surface area contributed by atoms with Gasteiger partial charge in [0, 0.05) is 28.9 Å². The summed E-state index contributed by atoms with van der Waals surface area (Å²) in [5, 5.41) is 13.5. The Morgan fingerprint density at radius 3 is 2.85 bits per heavy atom. The molecule has 0 bridgehead atoms. The van der Waals surface area contributed by atoms with Gasteiger partial charge in [-0.1, -0.05) is 11.8 Å². The Bertz CT molecular complexity index is 722. The van der Waals surface area contributed by atoms with E-state index in [0.717, 1.165) is 5.69 Å². The van der Waals surface area contributed by atoms with Crippen molar-refractivity contribution in [3.63, 3.8) is 0 Å².